The molecule has 0 bridgehead atoms. The van der Waals surface area contributed by atoms with Crippen LogP contribution in [0, 0.1) is 5.92 Å². The second-order valence-electron chi connectivity index (χ2n) is 2.70. The first-order valence-electron chi connectivity index (χ1n) is 4.27. The van der Waals surface area contributed by atoms with Crippen molar-refractivity contribution in [3.05, 3.63) is 38.0 Å². The zero-order valence-corrected chi connectivity index (χ0v) is 7.87. The normalized spacial score (nSPS) is 11.4. The van der Waals surface area contributed by atoms with Crippen LogP contribution in [-0.2, 0) is 9.53 Å². The lowest BCUT2D eigenvalue weighted by Crippen LogP contribution is -2.10. The summed E-state index contributed by atoms with van der Waals surface area (Å²) in [7, 11) is 0. The number of esters is 1. The minimum Gasteiger partial charge on any atom is -0.462 e. The van der Waals surface area contributed by atoms with Crippen LogP contribution in [0.5, 0.6) is 0 Å². The molecule has 0 saturated heterocycles. The Bertz CT molecular complexity index is 194. The maximum absolute atomic E-state index is 10.7. The van der Waals surface area contributed by atoms with Gasteiger partial charge in [0.05, 0.1) is 6.61 Å². The SMILES string of the molecule is C=CCCC(C=C)COC(=O)C=C. The topological polar surface area (TPSA) is 26.3 Å². The summed E-state index contributed by atoms with van der Waals surface area (Å²) in [5.41, 5.74) is 0. The molecule has 72 valence electrons. The average Bonchev–Trinajstić information content (AvgIpc) is 2.17. The minimum absolute atomic E-state index is 0.210. The van der Waals surface area contributed by atoms with Gasteiger partial charge in [-0.3, -0.25) is 0 Å². The van der Waals surface area contributed by atoms with E-state index in [1.807, 2.05) is 6.08 Å². The number of allylic oxidation sites excluding steroid dienone is 1. The highest BCUT2D eigenvalue weighted by molar-refractivity contribution is 5.81. The van der Waals surface area contributed by atoms with Crippen LogP contribution >= 0.6 is 0 Å². The lowest BCUT2D eigenvalue weighted by Gasteiger charge is -2.10. The first-order chi connectivity index (χ1) is 6.24. The van der Waals surface area contributed by atoms with Gasteiger partial charge >= 0.3 is 5.97 Å². The van der Waals surface area contributed by atoms with Crippen molar-refractivity contribution in [1.29, 1.82) is 0 Å². The van der Waals surface area contributed by atoms with Crippen LogP contribution in [0.15, 0.2) is 38.0 Å². The first kappa shape index (κ1) is 11.7. The van der Waals surface area contributed by atoms with Crippen LogP contribution in [0.1, 0.15) is 12.8 Å². The molecule has 0 aromatic heterocycles. The number of hydrogen-bond donors (Lipinski definition) is 0. The monoisotopic (exact) mass is 180 g/mol. The van der Waals surface area contributed by atoms with Gasteiger partial charge in [-0.2, -0.15) is 0 Å². The molecule has 0 aromatic carbocycles. The Labute approximate surface area is 79.6 Å². The van der Waals surface area contributed by atoms with Crippen molar-refractivity contribution in [2.45, 2.75) is 12.8 Å². The summed E-state index contributed by atoms with van der Waals surface area (Å²) in [5.74, 6) is -0.174. The number of carbonyl (C=O) groups excluding carboxylic acids is 1. The molecular weight excluding hydrogens is 164 g/mol. The molecule has 2 nitrogen and oxygen atoms in total. The van der Waals surface area contributed by atoms with Crippen molar-refractivity contribution in [3.8, 4) is 0 Å². The number of ether oxygens (including phenoxy) is 1. The Morgan fingerprint density at radius 3 is 2.54 bits per heavy atom. The molecule has 1 unspecified atom stereocenters. The predicted octanol–water partition coefficient (Wildman–Crippen LogP) is 2.48. The molecule has 0 heterocycles. The van der Waals surface area contributed by atoms with Crippen molar-refractivity contribution in [2.24, 2.45) is 5.92 Å². The fraction of sp³-hybridized carbons (Fsp3) is 0.364. The Kier molecular flexibility index (Phi) is 6.60. The van der Waals surface area contributed by atoms with Crippen LogP contribution in [0.4, 0.5) is 0 Å². The van der Waals surface area contributed by atoms with Gasteiger partial charge in [-0.25, -0.2) is 4.79 Å². The quantitative estimate of drug-likeness (QED) is 0.342. The zero-order chi connectivity index (χ0) is 10.1. The van der Waals surface area contributed by atoms with Crippen molar-refractivity contribution in [2.75, 3.05) is 6.61 Å². The van der Waals surface area contributed by atoms with Gasteiger partial charge in [-0.1, -0.05) is 18.7 Å². The average molecular weight is 180 g/mol. The Morgan fingerprint density at radius 2 is 2.08 bits per heavy atom. The molecule has 13 heavy (non-hydrogen) atoms. The van der Waals surface area contributed by atoms with Crippen LogP contribution in [0.25, 0.3) is 0 Å². The summed E-state index contributed by atoms with van der Waals surface area (Å²) in [6.07, 6.45) is 6.61. The molecule has 1 atom stereocenters. The summed E-state index contributed by atoms with van der Waals surface area (Å²) in [5, 5.41) is 0. The summed E-state index contributed by atoms with van der Waals surface area (Å²) in [4.78, 5) is 10.7. The maximum Gasteiger partial charge on any atom is 0.330 e. The van der Waals surface area contributed by atoms with Crippen molar-refractivity contribution < 1.29 is 9.53 Å². The van der Waals surface area contributed by atoms with Gasteiger partial charge in [0.2, 0.25) is 0 Å². The molecule has 0 spiro atoms. The smallest absolute Gasteiger partial charge is 0.330 e. The molecule has 0 aliphatic carbocycles. The van der Waals surface area contributed by atoms with Gasteiger partial charge in [0.25, 0.3) is 0 Å². The van der Waals surface area contributed by atoms with E-state index in [0.717, 1.165) is 18.9 Å². The lowest BCUT2D eigenvalue weighted by molar-refractivity contribution is -0.138. The number of carbonyl (C=O) groups is 1. The summed E-state index contributed by atoms with van der Waals surface area (Å²) in [6.45, 7) is 11.0. The molecule has 0 aromatic rings. The molecule has 0 aliphatic rings. The van der Waals surface area contributed by atoms with Gasteiger partial charge in [0.15, 0.2) is 0 Å². The van der Waals surface area contributed by atoms with Gasteiger partial charge in [-0.05, 0) is 12.8 Å². The molecule has 0 saturated carbocycles. The fourth-order valence-electron chi connectivity index (χ4n) is 0.849. The van der Waals surface area contributed by atoms with E-state index in [1.165, 1.54) is 0 Å². The van der Waals surface area contributed by atoms with E-state index in [0.29, 0.717) is 6.61 Å². The second-order valence-corrected chi connectivity index (χ2v) is 2.70. The van der Waals surface area contributed by atoms with E-state index in [2.05, 4.69) is 19.7 Å². The molecule has 0 amide bonds. The standard InChI is InChI=1S/C11H16O2/c1-4-7-8-10(5-2)9-13-11(12)6-3/h4-6,10H,1-3,7-9H2. The molecule has 0 N–H and O–H groups in total. The first-order valence-corrected chi connectivity index (χ1v) is 4.27. The minimum atomic E-state index is -0.384. The third kappa shape index (κ3) is 5.91. The van der Waals surface area contributed by atoms with Gasteiger partial charge in [0, 0.05) is 12.0 Å². The van der Waals surface area contributed by atoms with Crippen molar-refractivity contribution in [3.63, 3.8) is 0 Å². The highest BCUT2D eigenvalue weighted by atomic mass is 16.5. The molecule has 2 heteroatoms. The van der Waals surface area contributed by atoms with E-state index in [4.69, 9.17) is 4.74 Å². The zero-order valence-electron chi connectivity index (χ0n) is 7.87. The molecular formula is C11H16O2. The Balaban J connectivity index is 3.70. The van der Waals surface area contributed by atoms with Crippen molar-refractivity contribution >= 4 is 5.97 Å². The number of rotatable bonds is 7. The molecule has 0 radical (unpaired) electrons. The fourth-order valence-corrected chi connectivity index (χ4v) is 0.849. The maximum atomic E-state index is 10.7. The van der Waals surface area contributed by atoms with Crippen LogP contribution in [0.3, 0.4) is 0 Å². The number of hydrogen-bond acceptors (Lipinski definition) is 2. The molecule has 0 fully saturated rings. The third-order valence-corrected chi connectivity index (χ3v) is 1.68. The summed E-state index contributed by atoms with van der Waals surface area (Å²) < 4.78 is 4.88. The van der Waals surface area contributed by atoms with E-state index >= 15 is 0 Å². The van der Waals surface area contributed by atoms with Gasteiger partial charge in [-0.15, -0.1) is 13.2 Å². The van der Waals surface area contributed by atoms with E-state index in [-0.39, 0.29) is 11.9 Å². The lowest BCUT2D eigenvalue weighted by atomic mass is 10.1. The molecule has 0 aliphatic heterocycles. The van der Waals surface area contributed by atoms with Gasteiger partial charge < -0.3 is 4.74 Å². The Hall–Kier alpha value is -1.31. The summed E-state index contributed by atoms with van der Waals surface area (Å²) >= 11 is 0. The van der Waals surface area contributed by atoms with Crippen molar-refractivity contribution in [1.82, 2.24) is 0 Å². The van der Waals surface area contributed by atoms with E-state index in [1.54, 1.807) is 6.08 Å². The van der Waals surface area contributed by atoms with Gasteiger partial charge in [0.1, 0.15) is 0 Å². The highest BCUT2D eigenvalue weighted by Crippen LogP contribution is 2.08. The second kappa shape index (κ2) is 7.35. The van der Waals surface area contributed by atoms with E-state index < -0.39 is 0 Å². The highest BCUT2D eigenvalue weighted by Gasteiger charge is 2.05. The molecule has 0 rings (SSSR count). The van der Waals surface area contributed by atoms with Crippen LogP contribution in [0.2, 0.25) is 0 Å². The van der Waals surface area contributed by atoms with Crippen LogP contribution in [-0.4, -0.2) is 12.6 Å². The largest absolute Gasteiger partial charge is 0.462 e. The van der Waals surface area contributed by atoms with Crippen LogP contribution < -0.4 is 0 Å². The van der Waals surface area contributed by atoms with E-state index in [9.17, 15) is 4.79 Å². The summed E-state index contributed by atoms with van der Waals surface area (Å²) in [6, 6.07) is 0. The third-order valence-electron chi connectivity index (χ3n) is 1.68. The predicted molar refractivity (Wildman–Crippen MR) is 54.3 cm³/mol. The Morgan fingerprint density at radius 1 is 1.38 bits per heavy atom.